The van der Waals surface area contributed by atoms with Crippen LogP contribution in [0.1, 0.15) is 11.6 Å². The third-order valence-corrected chi connectivity index (χ3v) is 4.34. The number of aliphatic hydroxyl groups excluding tert-OH is 1. The molecule has 0 radical (unpaired) electrons. The number of halogens is 1. The first-order chi connectivity index (χ1) is 9.92. The highest BCUT2D eigenvalue weighted by molar-refractivity contribution is 7.89. The first-order valence-electron chi connectivity index (χ1n) is 6.16. The quantitative estimate of drug-likeness (QED) is 0.728. The molecule has 0 bridgehead atoms. The molecule has 4 N–H and O–H groups in total. The van der Waals surface area contributed by atoms with E-state index in [0.29, 0.717) is 5.56 Å². The first kappa shape index (κ1) is 15.4. The Hall–Kier alpha value is -1.96. The Morgan fingerprint density at radius 1 is 1.19 bits per heavy atom. The van der Waals surface area contributed by atoms with E-state index in [1.165, 1.54) is 0 Å². The molecule has 0 fully saturated rings. The van der Waals surface area contributed by atoms with Crippen molar-refractivity contribution in [2.24, 2.45) is 0 Å². The van der Waals surface area contributed by atoms with E-state index in [2.05, 4.69) is 4.72 Å². The van der Waals surface area contributed by atoms with Crippen molar-refractivity contribution in [1.29, 1.82) is 0 Å². The fourth-order valence-corrected chi connectivity index (χ4v) is 3.17. The van der Waals surface area contributed by atoms with Gasteiger partial charge in [-0.3, -0.25) is 0 Å². The number of nitrogen functional groups attached to an aromatic ring is 1. The molecule has 0 spiro atoms. The molecule has 2 rings (SSSR count). The van der Waals surface area contributed by atoms with Gasteiger partial charge in [0.25, 0.3) is 0 Å². The second-order valence-electron chi connectivity index (χ2n) is 4.49. The van der Waals surface area contributed by atoms with Gasteiger partial charge in [0, 0.05) is 5.69 Å². The Morgan fingerprint density at radius 3 is 2.43 bits per heavy atom. The summed E-state index contributed by atoms with van der Waals surface area (Å²) < 4.78 is 40.1. The minimum absolute atomic E-state index is 0.00985. The van der Waals surface area contributed by atoms with Gasteiger partial charge in [-0.1, -0.05) is 30.3 Å². The van der Waals surface area contributed by atoms with E-state index in [4.69, 9.17) is 5.73 Å². The van der Waals surface area contributed by atoms with Crippen LogP contribution in [0.25, 0.3) is 0 Å². The van der Waals surface area contributed by atoms with Crippen LogP contribution in [0.4, 0.5) is 10.1 Å². The van der Waals surface area contributed by atoms with E-state index in [1.54, 1.807) is 30.3 Å². The van der Waals surface area contributed by atoms with Gasteiger partial charge in [-0.05, 0) is 23.8 Å². The zero-order valence-corrected chi connectivity index (χ0v) is 11.8. The summed E-state index contributed by atoms with van der Waals surface area (Å²) in [5, 5.41) is 9.37. The SMILES string of the molecule is Nc1cc(F)cc(S(=O)(=O)N[C@H](CO)c2ccccc2)c1. The second kappa shape index (κ2) is 6.21. The third-order valence-electron chi connectivity index (χ3n) is 2.89. The third kappa shape index (κ3) is 3.78. The molecule has 1 atom stereocenters. The van der Waals surface area contributed by atoms with E-state index in [0.717, 1.165) is 18.2 Å². The van der Waals surface area contributed by atoms with E-state index < -0.39 is 28.5 Å². The van der Waals surface area contributed by atoms with E-state index in [1.807, 2.05) is 0 Å². The van der Waals surface area contributed by atoms with Crippen LogP contribution in [-0.4, -0.2) is 20.1 Å². The van der Waals surface area contributed by atoms with Gasteiger partial charge in [0.2, 0.25) is 10.0 Å². The van der Waals surface area contributed by atoms with Crippen molar-refractivity contribution in [1.82, 2.24) is 4.72 Å². The van der Waals surface area contributed by atoms with E-state index >= 15 is 0 Å². The average Bonchev–Trinajstić information content (AvgIpc) is 2.45. The summed E-state index contributed by atoms with van der Waals surface area (Å²) in [6, 6.07) is 10.8. The molecule has 112 valence electrons. The first-order valence-corrected chi connectivity index (χ1v) is 7.65. The summed E-state index contributed by atoms with van der Waals surface area (Å²) in [4.78, 5) is -0.283. The lowest BCUT2D eigenvalue weighted by atomic mass is 10.1. The van der Waals surface area contributed by atoms with Crippen LogP contribution in [0.2, 0.25) is 0 Å². The van der Waals surface area contributed by atoms with Crippen LogP contribution in [0, 0.1) is 5.82 Å². The largest absolute Gasteiger partial charge is 0.399 e. The molecule has 2 aromatic rings. The van der Waals surface area contributed by atoms with Crippen LogP contribution in [0.3, 0.4) is 0 Å². The number of hydrogen-bond acceptors (Lipinski definition) is 4. The molecule has 0 unspecified atom stereocenters. The topological polar surface area (TPSA) is 92.4 Å². The van der Waals surface area contributed by atoms with Gasteiger partial charge in [0.15, 0.2) is 0 Å². The van der Waals surface area contributed by atoms with E-state index in [-0.39, 0.29) is 10.6 Å². The molecule has 0 aromatic heterocycles. The van der Waals surface area contributed by atoms with Crippen molar-refractivity contribution in [3.8, 4) is 0 Å². The lowest BCUT2D eigenvalue weighted by Crippen LogP contribution is -2.31. The Labute approximate surface area is 122 Å². The predicted molar refractivity (Wildman–Crippen MR) is 77.4 cm³/mol. The number of anilines is 1. The number of sulfonamides is 1. The molecule has 21 heavy (non-hydrogen) atoms. The summed E-state index contributed by atoms with van der Waals surface area (Å²) in [5.74, 6) is -0.740. The molecular weight excluding hydrogens is 295 g/mol. The normalized spacial score (nSPS) is 13.0. The van der Waals surface area contributed by atoms with Crippen molar-refractivity contribution in [3.63, 3.8) is 0 Å². The summed E-state index contributed by atoms with van der Waals surface area (Å²) >= 11 is 0. The fourth-order valence-electron chi connectivity index (χ4n) is 1.89. The van der Waals surface area contributed by atoms with Gasteiger partial charge in [0.1, 0.15) is 5.82 Å². The van der Waals surface area contributed by atoms with Crippen molar-refractivity contribution in [2.45, 2.75) is 10.9 Å². The van der Waals surface area contributed by atoms with Crippen molar-refractivity contribution in [3.05, 3.63) is 59.9 Å². The molecule has 0 aliphatic heterocycles. The molecule has 0 aliphatic rings. The van der Waals surface area contributed by atoms with Crippen LogP contribution in [0.15, 0.2) is 53.4 Å². The summed E-state index contributed by atoms with van der Waals surface area (Å²) in [6.07, 6.45) is 0. The molecule has 0 heterocycles. The number of hydrogen-bond donors (Lipinski definition) is 3. The highest BCUT2D eigenvalue weighted by atomic mass is 32.2. The standard InChI is InChI=1S/C14H15FN2O3S/c15-11-6-12(16)8-13(7-11)21(19,20)17-14(9-18)10-4-2-1-3-5-10/h1-8,14,17-18H,9,16H2/t14-/m1/s1. The smallest absolute Gasteiger partial charge is 0.241 e. The second-order valence-corrected chi connectivity index (χ2v) is 6.20. The maximum absolute atomic E-state index is 13.3. The minimum Gasteiger partial charge on any atom is -0.399 e. The Bertz CT molecular complexity index is 700. The fraction of sp³-hybridized carbons (Fsp3) is 0.143. The van der Waals surface area contributed by atoms with Crippen LogP contribution >= 0.6 is 0 Å². The van der Waals surface area contributed by atoms with Crippen molar-refractivity contribution < 1.29 is 17.9 Å². The average molecular weight is 310 g/mol. The highest BCUT2D eigenvalue weighted by Gasteiger charge is 2.21. The number of aliphatic hydroxyl groups is 1. The van der Waals surface area contributed by atoms with Gasteiger partial charge >= 0.3 is 0 Å². The predicted octanol–water partition coefficient (Wildman–Crippen LogP) is 1.42. The number of nitrogens with two attached hydrogens (primary N) is 1. The summed E-state index contributed by atoms with van der Waals surface area (Å²) in [7, 11) is -3.99. The molecule has 0 saturated carbocycles. The Morgan fingerprint density at radius 2 is 1.86 bits per heavy atom. The van der Waals surface area contributed by atoms with Gasteiger partial charge in [0.05, 0.1) is 17.5 Å². The maximum atomic E-state index is 13.3. The zero-order valence-electron chi connectivity index (χ0n) is 11.0. The van der Waals surface area contributed by atoms with Gasteiger partial charge in [-0.25, -0.2) is 17.5 Å². The molecular formula is C14H15FN2O3S. The number of benzene rings is 2. The molecule has 2 aromatic carbocycles. The molecule has 7 heteroatoms. The Balaban J connectivity index is 2.31. The van der Waals surface area contributed by atoms with Crippen LogP contribution < -0.4 is 10.5 Å². The monoisotopic (exact) mass is 310 g/mol. The van der Waals surface area contributed by atoms with E-state index in [9.17, 15) is 17.9 Å². The molecule has 0 aliphatic carbocycles. The van der Waals surface area contributed by atoms with Crippen molar-refractivity contribution >= 4 is 15.7 Å². The zero-order chi connectivity index (χ0) is 15.5. The molecule has 0 amide bonds. The maximum Gasteiger partial charge on any atom is 0.241 e. The lowest BCUT2D eigenvalue weighted by molar-refractivity contribution is 0.259. The van der Waals surface area contributed by atoms with Gasteiger partial charge in [-0.2, -0.15) is 0 Å². The van der Waals surface area contributed by atoms with Crippen LogP contribution in [-0.2, 0) is 10.0 Å². The lowest BCUT2D eigenvalue weighted by Gasteiger charge is -2.17. The Kier molecular flexibility index (Phi) is 4.56. The van der Waals surface area contributed by atoms with Crippen LogP contribution in [0.5, 0.6) is 0 Å². The number of rotatable bonds is 5. The van der Waals surface area contributed by atoms with Gasteiger partial charge < -0.3 is 10.8 Å². The molecule has 0 saturated heterocycles. The van der Waals surface area contributed by atoms with Crippen molar-refractivity contribution in [2.75, 3.05) is 12.3 Å². The summed E-state index contributed by atoms with van der Waals surface area (Å²) in [5.41, 5.74) is 6.06. The number of nitrogens with one attached hydrogen (secondary N) is 1. The van der Waals surface area contributed by atoms with Gasteiger partial charge in [-0.15, -0.1) is 0 Å². The molecule has 5 nitrogen and oxygen atoms in total. The highest BCUT2D eigenvalue weighted by Crippen LogP contribution is 2.19. The summed E-state index contributed by atoms with van der Waals surface area (Å²) in [6.45, 7) is -0.423. The minimum atomic E-state index is -3.99.